The van der Waals surface area contributed by atoms with Crippen LogP contribution in [0, 0.1) is 6.92 Å². The van der Waals surface area contributed by atoms with Gasteiger partial charge in [-0.1, -0.05) is 36.7 Å². The molecule has 0 atom stereocenters. The van der Waals surface area contributed by atoms with Crippen molar-refractivity contribution in [1.82, 2.24) is 14.6 Å². The molecule has 0 saturated heterocycles. The number of aryl methyl sites for hydroxylation is 2. The summed E-state index contributed by atoms with van der Waals surface area (Å²) in [6.45, 7) is 7.63. The monoisotopic (exact) mass is 327 g/mol. The fourth-order valence-electron chi connectivity index (χ4n) is 2.81. The molecule has 0 unspecified atom stereocenters. The van der Waals surface area contributed by atoms with E-state index in [1.165, 1.54) is 4.52 Å². The number of fused-ring (bicyclic) bond motifs is 1. The topological polar surface area (TPSA) is 50.2 Å². The smallest absolute Gasteiger partial charge is 0.276 e. The number of H-pyrrole nitrogens is 1. The van der Waals surface area contributed by atoms with Gasteiger partial charge in [-0.15, -0.1) is 6.58 Å². The van der Waals surface area contributed by atoms with Gasteiger partial charge >= 0.3 is 0 Å². The van der Waals surface area contributed by atoms with E-state index < -0.39 is 0 Å². The van der Waals surface area contributed by atoms with Crippen LogP contribution in [0.5, 0.6) is 0 Å². The number of aromatic nitrogens is 3. The quantitative estimate of drug-likeness (QED) is 0.738. The van der Waals surface area contributed by atoms with Crippen LogP contribution in [0.4, 0.5) is 0 Å². The molecule has 0 aliphatic heterocycles. The zero-order chi connectivity index (χ0) is 16.6. The second kappa shape index (κ2) is 6.05. The number of aromatic amines is 1. The van der Waals surface area contributed by atoms with E-state index in [-0.39, 0.29) is 5.56 Å². The van der Waals surface area contributed by atoms with Crippen molar-refractivity contribution in [2.24, 2.45) is 0 Å². The molecule has 23 heavy (non-hydrogen) atoms. The van der Waals surface area contributed by atoms with E-state index in [0.29, 0.717) is 22.7 Å². The molecule has 0 radical (unpaired) electrons. The first kappa shape index (κ1) is 15.6. The molecule has 0 aliphatic rings. The van der Waals surface area contributed by atoms with Gasteiger partial charge in [0, 0.05) is 27.5 Å². The maximum absolute atomic E-state index is 12.7. The van der Waals surface area contributed by atoms with Gasteiger partial charge in [0.2, 0.25) is 0 Å². The maximum Gasteiger partial charge on any atom is 0.276 e. The molecule has 0 amide bonds. The second-order valence-electron chi connectivity index (χ2n) is 5.46. The number of rotatable bonds is 4. The third kappa shape index (κ3) is 2.59. The average molecular weight is 328 g/mol. The van der Waals surface area contributed by atoms with E-state index in [9.17, 15) is 4.79 Å². The van der Waals surface area contributed by atoms with Crippen molar-refractivity contribution in [1.29, 1.82) is 0 Å². The molecule has 0 saturated carbocycles. The molecule has 118 valence electrons. The molecule has 0 fully saturated rings. The second-order valence-corrected chi connectivity index (χ2v) is 5.89. The molecule has 0 bridgehead atoms. The van der Waals surface area contributed by atoms with Gasteiger partial charge in [0.15, 0.2) is 5.65 Å². The van der Waals surface area contributed by atoms with E-state index in [2.05, 4.69) is 16.7 Å². The van der Waals surface area contributed by atoms with Gasteiger partial charge in [-0.3, -0.25) is 9.89 Å². The number of halogens is 1. The average Bonchev–Trinajstić information content (AvgIpc) is 2.91. The summed E-state index contributed by atoms with van der Waals surface area (Å²) in [6.07, 6.45) is 3.01. The highest BCUT2D eigenvalue weighted by Crippen LogP contribution is 2.28. The summed E-state index contributed by atoms with van der Waals surface area (Å²) in [5.41, 5.74) is 4.92. The van der Waals surface area contributed by atoms with Crippen molar-refractivity contribution in [2.75, 3.05) is 0 Å². The number of allylic oxidation sites excluding steroid dienone is 1. The van der Waals surface area contributed by atoms with Crippen LogP contribution in [-0.4, -0.2) is 14.6 Å². The first-order chi connectivity index (χ1) is 11.1. The SMILES string of the molecule is C=CCc1c(C)nc2c(-c3ccc(Cl)cc3)c(CC)[nH]n2c1=O. The number of benzene rings is 1. The Morgan fingerprint density at radius 3 is 2.65 bits per heavy atom. The van der Waals surface area contributed by atoms with E-state index in [1.54, 1.807) is 6.08 Å². The zero-order valence-electron chi connectivity index (χ0n) is 13.2. The Morgan fingerprint density at radius 1 is 1.35 bits per heavy atom. The lowest BCUT2D eigenvalue weighted by atomic mass is 10.0. The summed E-state index contributed by atoms with van der Waals surface area (Å²) in [4.78, 5) is 17.4. The normalized spacial score (nSPS) is 11.1. The highest BCUT2D eigenvalue weighted by Gasteiger charge is 2.18. The minimum atomic E-state index is -0.0673. The molecule has 3 aromatic rings. The fraction of sp³-hybridized carbons (Fsp3) is 0.222. The Morgan fingerprint density at radius 2 is 2.04 bits per heavy atom. The fourth-order valence-corrected chi connectivity index (χ4v) is 2.94. The molecule has 2 heterocycles. The Hall–Kier alpha value is -2.33. The lowest BCUT2D eigenvalue weighted by Gasteiger charge is -2.05. The van der Waals surface area contributed by atoms with Crippen LogP contribution >= 0.6 is 11.6 Å². The van der Waals surface area contributed by atoms with Crippen LogP contribution < -0.4 is 5.56 Å². The molecular weight excluding hydrogens is 310 g/mol. The molecule has 2 aromatic heterocycles. The Kier molecular flexibility index (Phi) is 4.09. The van der Waals surface area contributed by atoms with Crippen molar-refractivity contribution >= 4 is 17.2 Å². The van der Waals surface area contributed by atoms with Crippen molar-refractivity contribution in [2.45, 2.75) is 26.7 Å². The van der Waals surface area contributed by atoms with Crippen molar-refractivity contribution in [3.8, 4) is 11.1 Å². The van der Waals surface area contributed by atoms with E-state index in [0.717, 1.165) is 28.9 Å². The van der Waals surface area contributed by atoms with Gasteiger partial charge in [0.1, 0.15) is 0 Å². The van der Waals surface area contributed by atoms with E-state index in [4.69, 9.17) is 11.6 Å². The lowest BCUT2D eigenvalue weighted by molar-refractivity contribution is 0.834. The third-order valence-electron chi connectivity index (χ3n) is 3.99. The first-order valence-electron chi connectivity index (χ1n) is 7.56. The highest BCUT2D eigenvalue weighted by molar-refractivity contribution is 6.30. The van der Waals surface area contributed by atoms with Gasteiger partial charge in [0.05, 0.1) is 0 Å². The minimum absolute atomic E-state index is 0.0673. The third-order valence-corrected chi connectivity index (χ3v) is 4.24. The number of hydrogen-bond donors (Lipinski definition) is 1. The highest BCUT2D eigenvalue weighted by atomic mass is 35.5. The van der Waals surface area contributed by atoms with Crippen LogP contribution in [-0.2, 0) is 12.8 Å². The predicted molar refractivity (Wildman–Crippen MR) is 94.3 cm³/mol. The predicted octanol–water partition coefficient (Wildman–Crippen LogP) is 3.94. The molecular formula is C18H18ClN3O. The summed E-state index contributed by atoms with van der Waals surface area (Å²) < 4.78 is 1.54. The standard InChI is InChI=1S/C18H18ClN3O/c1-4-6-14-11(3)20-17-16(12-7-9-13(19)10-8-12)15(5-2)21-22(17)18(14)23/h4,7-10,21H,1,5-6H2,2-3H3. The zero-order valence-corrected chi connectivity index (χ0v) is 13.9. The van der Waals surface area contributed by atoms with Crippen molar-refractivity contribution < 1.29 is 0 Å². The molecule has 0 aliphatic carbocycles. The lowest BCUT2D eigenvalue weighted by Crippen LogP contribution is -2.21. The van der Waals surface area contributed by atoms with Gasteiger partial charge in [-0.05, 0) is 37.5 Å². The number of nitrogens with zero attached hydrogens (tertiary/aromatic N) is 2. The van der Waals surface area contributed by atoms with Crippen LogP contribution in [0.2, 0.25) is 5.02 Å². The van der Waals surface area contributed by atoms with Gasteiger partial charge in [-0.2, -0.15) is 0 Å². The van der Waals surface area contributed by atoms with Crippen LogP contribution in [0.15, 0.2) is 41.7 Å². The first-order valence-corrected chi connectivity index (χ1v) is 7.94. The molecule has 1 aromatic carbocycles. The molecule has 0 spiro atoms. The summed E-state index contributed by atoms with van der Waals surface area (Å²) in [5, 5.41) is 3.88. The summed E-state index contributed by atoms with van der Waals surface area (Å²) in [5.74, 6) is 0. The van der Waals surface area contributed by atoms with Gasteiger partial charge < -0.3 is 0 Å². The number of nitrogens with one attached hydrogen (secondary N) is 1. The Labute approximate surface area is 139 Å². The summed E-state index contributed by atoms with van der Waals surface area (Å²) in [6, 6.07) is 7.58. The van der Waals surface area contributed by atoms with Crippen LogP contribution in [0.25, 0.3) is 16.8 Å². The van der Waals surface area contributed by atoms with E-state index >= 15 is 0 Å². The van der Waals surface area contributed by atoms with Crippen LogP contribution in [0.3, 0.4) is 0 Å². The maximum atomic E-state index is 12.7. The molecule has 5 heteroatoms. The van der Waals surface area contributed by atoms with E-state index in [1.807, 2.05) is 38.1 Å². The van der Waals surface area contributed by atoms with Crippen LogP contribution in [0.1, 0.15) is 23.9 Å². The van der Waals surface area contributed by atoms with Crippen molar-refractivity contribution in [3.05, 3.63) is 69.2 Å². The molecule has 3 rings (SSSR count). The van der Waals surface area contributed by atoms with Crippen molar-refractivity contribution in [3.63, 3.8) is 0 Å². The molecule has 4 nitrogen and oxygen atoms in total. The molecule has 1 N–H and O–H groups in total. The van der Waals surface area contributed by atoms with Gasteiger partial charge in [-0.25, -0.2) is 9.50 Å². The Balaban J connectivity index is 2.35. The Bertz CT molecular complexity index is 936. The van der Waals surface area contributed by atoms with Gasteiger partial charge in [0.25, 0.3) is 5.56 Å². The minimum Gasteiger partial charge on any atom is -0.293 e. The number of hydrogen-bond acceptors (Lipinski definition) is 2. The summed E-state index contributed by atoms with van der Waals surface area (Å²) >= 11 is 5.98. The largest absolute Gasteiger partial charge is 0.293 e. The summed E-state index contributed by atoms with van der Waals surface area (Å²) in [7, 11) is 0.